The van der Waals surface area contributed by atoms with E-state index in [0.29, 0.717) is 38.4 Å². The smallest absolute Gasteiger partial charge is 0.269 e. The molecule has 3 N–H and O–H groups in total. The minimum absolute atomic E-state index is 0.136. The number of nitrogens with one attached hydrogen (secondary N) is 3. The summed E-state index contributed by atoms with van der Waals surface area (Å²) in [6.45, 7) is 2.75. The zero-order valence-corrected chi connectivity index (χ0v) is 17.0. The minimum Gasteiger partial charge on any atom is -0.379 e. The third-order valence-electron chi connectivity index (χ3n) is 4.53. The lowest BCUT2D eigenvalue weighted by Gasteiger charge is -2.26. The Morgan fingerprint density at radius 3 is 2.50 bits per heavy atom. The van der Waals surface area contributed by atoms with Crippen LogP contribution in [0.15, 0.2) is 29.2 Å². The van der Waals surface area contributed by atoms with Crippen molar-refractivity contribution in [2.45, 2.75) is 23.8 Å². The van der Waals surface area contributed by atoms with Crippen LogP contribution in [0.1, 0.15) is 23.2 Å². The molecule has 3 rings (SSSR count). The number of morpholine rings is 1. The van der Waals surface area contributed by atoms with Gasteiger partial charge in [0.1, 0.15) is 0 Å². The van der Waals surface area contributed by atoms with Crippen LogP contribution >= 0.6 is 12.2 Å². The predicted octanol–water partition coefficient (Wildman–Crippen LogP) is -0.00460. The van der Waals surface area contributed by atoms with Crippen molar-refractivity contribution in [1.29, 1.82) is 0 Å². The van der Waals surface area contributed by atoms with Crippen LogP contribution in [0.3, 0.4) is 0 Å². The monoisotopic (exact) mass is 428 g/mol. The Kier molecular flexibility index (Phi) is 7.18. The quantitative estimate of drug-likeness (QED) is 0.444. The van der Waals surface area contributed by atoms with Crippen LogP contribution < -0.4 is 16.2 Å². The molecule has 1 aromatic rings. The molecule has 2 saturated heterocycles. The molecule has 2 aliphatic rings. The molecular weight excluding hydrogens is 404 g/mol. The van der Waals surface area contributed by atoms with Crippen molar-refractivity contribution in [2.75, 3.05) is 39.5 Å². The number of benzene rings is 1. The van der Waals surface area contributed by atoms with Crippen molar-refractivity contribution in [2.24, 2.45) is 0 Å². The highest BCUT2D eigenvalue weighted by Gasteiger charge is 2.26. The van der Waals surface area contributed by atoms with Gasteiger partial charge in [0.2, 0.25) is 10.0 Å². The summed E-state index contributed by atoms with van der Waals surface area (Å²) in [7, 11) is -3.58. The maximum Gasteiger partial charge on any atom is 0.269 e. The molecule has 0 aliphatic carbocycles. The zero-order chi connectivity index (χ0) is 20.0. The molecule has 0 unspecified atom stereocenters. The molecule has 154 valence electrons. The van der Waals surface area contributed by atoms with Crippen LogP contribution in [0, 0.1) is 0 Å². The van der Waals surface area contributed by atoms with Gasteiger partial charge in [0.25, 0.3) is 5.91 Å². The third kappa shape index (κ3) is 5.39. The fourth-order valence-corrected chi connectivity index (χ4v) is 4.50. The second kappa shape index (κ2) is 9.61. The van der Waals surface area contributed by atoms with Crippen LogP contribution in [0.2, 0.25) is 0 Å². The van der Waals surface area contributed by atoms with Gasteiger partial charge in [-0.1, -0.05) is 0 Å². The van der Waals surface area contributed by atoms with E-state index in [1.807, 2.05) is 0 Å². The Bertz CT molecular complexity index is 788. The van der Waals surface area contributed by atoms with E-state index in [9.17, 15) is 13.2 Å². The molecule has 1 atom stereocenters. The van der Waals surface area contributed by atoms with E-state index in [-0.39, 0.29) is 16.1 Å². The summed E-state index contributed by atoms with van der Waals surface area (Å²) in [4.78, 5) is 12.4. The first-order valence-electron chi connectivity index (χ1n) is 9.10. The summed E-state index contributed by atoms with van der Waals surface area (Å²) >= 11 is 5.11. The maximum absolute atomic E-state index is 12.6. The Balaban J connectivity index is 1.49. The second-order valence-electron chi connectivity index (χ2n) is 6.47. The zero-order valence-electron chi connectivity index (χ0n) is 15.3. The largest absolute Gasteiger partial charge is 0.379 e. The van der Waals surface area contributed by atoms with Crippen LogP contribution in [0.4, 0.5) is 0 Å². The van der Waals surface area contributed by atoms with Gasteiger partial charge in [-0.25, -0.2) is 8.42 Å². The van der Waals surface area contributed by atoms with Gasteiger partial charge in [0.05, 0.1) is 24.2 Å². The molecule has 2 fully saturated rings. The van der Waals surface area contributed by atoms with Gasteiger partial charge in [0.15, 0.2) is 5.11 Å². The summed E-state index contributed by atoms with van der Waals surface area (Å²) in [6, 6.07) is 5.78. The van der Waals surface area contributed by atoms with E-state index in [2.05, 4.69) is 16.2 Å². The lowest BCUT2D eigenvalue weighted by molar-refractivity contribution is 0.0730. The van der Waals surface area contributed by atoms with Gasteiger partial charge in [-0.3, -0.25) is 15.6 Å². The number of rotatable bonds is 5. The summed E-state index contributed by atoms with van der Waals surface area (Å²) in [6.07, 6.45) is 2.17. The van der Waals surface area contributed by atoms with E-state index >= 15 is 0 Å². The highest BCUT2D eigenvalue weighted by atomic mass is 32.2. The molecule has 0 bridgehead atoms. The van der Waals surface area contributed by atoms with Crippen molar-refractivity contribution < 1.29 is 22.7 Å². The first kappa shape index (κ1) is 20.9. The van der Waals surface area contributed by atoms with Crippen LogP contribution in [-0.2, 0) is 19.5 Å². The molecule has 0 spiro atoms. The Labute approximate surface area is 169 Å². The Morgan fingerprint density at radius 2 is 1.86 bits per heavy atom. The van der Waals surface area contributed by atoms with Crippen LogP contribution in [-0.4, -0.2) is 69.3 Å². The van der Waals surface area contributed by atoms with Crippen molar-refractivity contribution in [3.8, 4) is 0 Å². The number of carbonyl (C=O) groups is 1. The molecule has 2 aliphatic heterocycles. The van der Waals surface area contributed by atoms with E-state index in [4.69, 9.17) is 21.7 Å². The summed E-state index contributed by atoms with van der Waals surface area (Å²) in [5, 5.41) is 3.27. The highest BCUT2D eigenvalue weighted by molar-refractivity contribution is 7.89. The minimum atomic E-state index is -3.58. The predicted molar refractivity (Wildman–Crippen MR) is 106 cm³/mol. The molecule has 2 heterocycles. The summed E-state index contributed by atoms with van der Waals surface area (Å²) < 4.78 is 37.2. The van der Waals surface area contributed by atoms with E-state index in [1.54, 1.807) is 0 Å². The summed E-state index contributed by atoms with van der Waals surface area (Å²) in [5.41, 5.74) is 5.43. The highest BCUT2D eigenvalue weighted by Crippen LogP contribution is 2.17. The van der Waals surface area contributed by atoms with Crippen LogP contribution in [0.5, 0.6) is 0 Å². The molecule has 9 nitrogen and oxygen atoms in total. The number of hydrazine groups is 1. The first-order valence-corrected chi connectivity index (χ1v) is 11.0. The van der Waals surface area contributed by atoms with Gasteiger partial charge in [0, 0.05) is 31.8 Å². The lowest BCUT2D eigenvalue weighted by atomic mass is 10.2. The number of sulfonamides is 1. The topological polar surface area (TPSA) is 109 Å². The van der Waals surface area contributed by atoms with Crippen molar-refractivity contribution in [3.05, 3.63) is 29.8 Å². The van der Waals surface area contributed by atoms with Gasteiger partial charge in [-0.15, -0.1) is 0 Å². The van der Waals surface area contributed by atoms with E-state index in [1.165, 1.54) is 28.6 Å². The fraction of sp³-hybridized carbons (Fsp3) is 0.529. The number of hydrogen-bond donors (Lipinski definition) is 3. The normalized spacial score (nSPS) is 20.5. The van der Waals surface area contributed by atoms with Crippen molar-refractivity contribution in [1.82, 2.24) is 20.5 Å². The average molecular weight is 429 g/mol. The summed E-state index contributed by atoms with van der Waals surface area (Å²) in [5.74, 6) is -0.420. The number of amides is 1. The molecule has 1 aromatic carbocycles. The lowest BCUT2D eigenvalue weighted by Crippen LogP contribution is -2.48. The molecule has 28 heavy (non-hydrogen) atoms. The fourth-order valence-electron chi connectivity index (χ4n) is 2.96. The van der Waals surface area contributed by atoms with Crippen LogP contribution in [0.25, 0.3) is 0 Å². The Hall–Kier alpha value is -1.79. The number of carbonyl (C=O) groups excluding carboxylic acids is 1. The molecule has 0 aromatic heterocycles. The molecule has 0 radical (unpaired) electrons. The average Bonchev–Trinajstić information content (AvgIpc) is 3.25. The van der Waals surface area contributed by atoms with Crippen molar-refractivity contribution >= 4 is 33.3 Å². The second-order valence-corrected chi connectivity index (χ2v) is 8.81. The molecule has 11 heteroatoms. The number of hydrogen-bond acceptors (Lipinski definition) is 6. The van der Waals surface area contributed by atoms with Gasteiger partial charge in [-0.05, 0) is 49.3 Å². The van der Waals surface area contributed by atoms with Gasteiger partial charge >= 0.3 is 0 Å². The number of ether oxygens (including phenoxy) is 2. The Morgan fingerprint density at radius 1 is 1.14 bits per heavy atom. The third-order valence-corrected chi connectivity index (χ3v) is 6.69. The van der Waals surface area contributed by atoms with E-state index < -0.39 is 15.9 Å². The molecule has 1 amide bonds. The molecule has 0 saturated carbocycles. The number of thiocarbonyl (C=S) groups is 1. The maximum atomic E-state index is 12.6. The van der Waals surface area contributed by atoms with Gasteiger partial charge in [-0.2, -0.15) is 4.31 Å². The molecular formula is C17H24N4O5S2. The number of nitrogens with zero attached hydrogens (tertiary/aromatic N) is 1. The SMILES string of the molecule is O=C(NNC(=S)NC[C@@H]1CCCO1)c1ccc(S(=O)(=O)N2CCOCC2)cc1. The first-order chi connectivity index (χ1) is 13.5. The van der Waals surface area contributed by atoms with Gasteiger partial charge < -0.3 is 14.8 Å². The van der Waals surface area contributed by atoms with E-state index in [0.717, 1.165) is 19.4 Å². The standard InChI is InChI=1S/C17H24N4O5S2/c22-16(19-20-17(27)18-12-14-2-1-9-26-14)13-3-5-15(6-4-13)28(23,24)21-7-10-25-11-8-21/h3-6,14H,1-2,7-12H2,(H,19,22)(H2,18,20,27)/t14-/m0/s1. The van der Waals surface area contributed by atoms with Crippen molar-refractivity contribution in [3.63, 3.8) is 0 Å².